The highest BCUT2D eigenvalue weighted by molar-refractivity contribution is 5.97. The van der Waals surface area contributed by atoms with E-state index in [9.17, 15) is 5.11 Å². The zero-order valence-corrected chi connectivity index (χ0v) is 19.2. The fraction of sp³-hybridized carbons (Fsp3) is 0.269. The fourth-order valence-corrected chi connectivity index (χ4v) is 4.94. The number of anilines is 1. The molecule has 5 heteroatoms. The summed E-state index contributed by atoms with van der Waals surface area (Å²) in [7, 11) is 1.67. The molecular formula is C26H27BrN2O2. The van der Waals surface area contributed by atoms with Crippen LogP contribution in [0, 0.1) is 0 Å². The molecule has 4 nitrogen and oxygen atoms in total. The Morgan fingerprint density at radius 2 is 1.58 bits per heavy atom. The number of hydrogen-bond acceptors (Lipinski definition) is 3. The Balaban J connectivity index is 0.00000231. The first kappa shape index (κ1) is 21.6. The lowest BCUT2D eigenvalue weighted by atomic mass is 9.97. The van der Waals surface area contributed by atoms with Crippen molar-refractivity contribution in [1.29, 1.82) is 0 Å². The molecule has 2 heterocycles. The Hall–Kier alpha value is -2.63. The van der Waals surface area contributed by atoms with E-state index < -0.39 is 5.72 Å². The molecule has 1 N–H and O–H groups in total. The summed E-state index contributed by atoms with van der Waals surface area (Å²) >= 11 is 0. The Morgan fingerprint density at radius 3 is 2.23 bits per heavy atom. The standard InChI is InChI=1S/C26H27N2O2.BrH/c1-30-23-17-15-22(16-18-23)28-25-14-8-13-24(20-9-4-2-5-10-20)27(25)19-26(28,29)21-11-6-3-7-12-21;/h2-7,9-12,15-18,24,29H,8,13-14,19H2,1H3;1H/q+1;/p-1. The van der Waals surface area contributed by atoms with Crippen molar-refractivity contribution in [1.82, 2.24) is 0 Å². The van der Waals surface area contributed by atoms with E-state index >= 15 is 0 Å². The molecule has 2 aliphatic rings. The Bertz CT molecular complexity index is 1050. The van der Waals surface area contributed by atoms with E-state index in [0.717, 1.165) is 36.3 Å². The molecule has 0 aromatic heterocycles. The number of methoxy groups -OCH3 is 1. The highest BCUT2D eigenvalue weighted by Gasteiger charge is 2.56. The number of benzene rings is 3. The smallest absolute Gasteiger partial charge is 0.275 e. The molecule has 2 aliphatic heterocycles. The highest BCUT2D eigenvalue weighted by Crippen LogP contribution is 2.42. The van der Waals surface area contributed by atoms with Gasteiger partial charge in [-0.25, -0.2) is 0 Å². The van der Waals surface area contributed by atoms with Crippen molar-refractivity contribution >= 4 is 11.5 Å². The number of hydrogen-bond donors (Lipinski definition) is 1. The SMILES string of the molecule is COc1ccc(N2C3=[N+](CC2(O)c2ccccc2)C(c2ccccc2)CCC3)cc1.[Br-]. The quantitative estimate of drug-likeness (QED) is 0.579. The summed E-state index contributed by atoms with van der Waals surface area (Å²) in [5, 5.41) is 12.1. The molecule has 0 saturated heterocycles. The molecule has 31 heavy (non-hydrogen) atoms. The molecule has 0 radical (unpaired) electrons. The van der Waals surface area contributed by atoms with Crippen molar-refractivity contribution in [3.63, 3.8) is 0 Å². The van der Waals surface area contributed by atoms with Gasteiger partial charge in [-0.15, -0.1) is 0 Å². The maximum absolute atomic E-state index is 12.1. The molecule has 0 fully saturated rings. The predicted octanol–water partition coefficient (Wildman–Crippen LogP) is 1.70. The van der Waals surface area contributed by atoms with Crippen molar-refractivity contribution in [2.45, 2.75) is 31.0 Å². The zero-order valence-electron chi connectivity index (χ0n) is 17.6. The fourth-order valence-electron chi connectivity index (χ4n) is 4.94. The van der Waals surface area contributed by atoms with Gasteiger partial charge in [0.15, 0.2) is 6.54 Å². The van der Waals surface area contributed by atoms with Gasteiger partial charge in [-0.05, 0) is 42.7 Å². The molecule has 0 amide bonds. The highest BCUT2D eigenvalue weighted by atomic mass is 79.9. The van der Waals surface area contributed by atoms with Gasteiger partial charge in [0, 0.05) is 12.0 Å². The van der Waals surface area contributed by atoms with E-state index in [1.54, 1.807) is 7.11 Å². The molecule has 0 bridgehead atoms. The Labute approximate surface area is 194 Å². The van der Waals surface area contributed by atoms with E-state index in [4.69, 9.17) is 4.74 Å². The van der Waals surface area contributed by atoms with Crippen LogP contribution in [0.2, 0.25) is 0 Å². The van der Waals surface area contributed by atoms with Crippen LogP contribution in [0.5, 0.6) is 5.75 Å². The first-order valence-corrected chi connectivity index (χ1v) is 10.6. The van der Waals surface area contributed by atoms with Crippen molar-refractivity contribution in [2.24, 2.45) is 0 Å². The van der Waals surface area contributed by atoms with Crippen molar-refractivity contribution in [3.8, 4) is 5.75 Å². The minimum Gasteiger partial charge on any atom is -1.00 e. The minimum atomic E-state index is -1.12. The predicted molar refractivity (Wildman–Crippen MR) is 119 cm³/mol. The Kier molecular flexibility index (Phi) is 6.17. The van der Waals surface area contributed by atoms with Crippen LogP contribution in [0.4, 0.5) is 5.69 Å². The molecule has 0 spiro atoms. The van der Waals surface area contributed by atoms with E-state index in [1.165, 1.54) is 11.4 Å². The average molecular weight is 479 g/mol. The largest absolute Gasteiger partial charge is 1.00 e. The van der Waals surface area contributed by atoms with Crippen LogP contribution in [0.25, 0.3) is 0 Å². The van der Waals surface area contributed by atoms with Gasteiger partial charge in [0.1, 0.15) is 17.5 Å². The van der Waals surface area contributed by atoms with Crippen LogP contribution in [0.3, 0.4) is 0 Å². The second-order valence-corrected chi connectivity index (χ2v) is 8.08. The van der Waals surface area contributed by atoms with Crippen molar-refractivity contribution in [3.05, 3.63) is 96.1 Å². The van der Waals surface area contributed by atoms with Crippen molar-refractivity contribution < 1.29 is 31.4 Å². The second kappa shape index (κ2) is 8.85. The lowest BCUT2D eigenvalue weighted by Crippen LogP contribution is -3.00. The second-order valence-electron chi connectivity index (χ2n) is 8.08. The number of ether oxygens (including phenoxy) is 1. The molecule has 3 aromatic carbocycles. The van der Waals surface area contributed by atoms with Crippen molar-refractivity contribution in [2.75, 3.05) is 18.6 Å². The minimum absolute atomic E-state index is 0. The van der Waals surface area contributed by atoms with Crippen LogP contribution < -0.4 is 26.6 Å². The maximum Gasteiger partial charge on any atom is 0.275 e. The van der Waals surface area contributed by atoms with Gasteiger partial charge < -0.3 is 26.8 Å². The summed E-state index contributed by atoms with van der Waals surface area (Å²) in [4.78, 5) is 2.14. The normalized spacial score (nSPS) is 22.6. The average Bonchev–Trinajstić information content (AvgIpc) is 3.13. The van der Waals surface area contributed by atoms with E-state index in [0.29, 0.717) is 6.54 Å². The van der Waals surface area contributed by atoms with Gasteiger partial charge in [-0.1, -0.05) is 60.7 Å². The monoisotopic (exact) mass is 478 g/mol. The molecule has 2 atom stereocenters. The lowest BCUT2D eigenvalue weighted by molar-refractivity contribution is -0.582. The molecule has 5 rings (SSSR count). The summed E-state index contributed by atoms with van der Waals surface area (Å²) in [6.07, 6.45) is 3.14. The molecule has 160 valence electrons. The van der Waals surface area contributed by atoms with Crippen LogP contribution in [0.15, 0.2) is 84.9 Å². The molecule has 0 aliphatic carbocycles. The number of rotatable bonds is 4. The maximum atomic E-state index is 12.1. The third-order valence-electron chi connectivity index (χ3n) is 6.36. The third kappa shape index (κ3) is 3.77. The summed E-state index contributed by atoms with van der Waals surface area (Å²) in [6.45, 7) is 0.540. The van der Waals surface area contributed by atoms with Crippen LogP contribution in [-0.4, -0.2) is 29.2 Å². The van der Waals surface area contributed by atoms with Gasteiger partial charge in [-0.2, -0.15) is 4.90 Å². The number of amidine groups is 1. The van der Waals surface area contributed by atoms with Gasteiger partial charge in [-0.3, -0.25) is 4.58 Å². The molecular weight excluding hydrogens is 452 g/mol. The van der Waals surface area contributed by atoms with Crippen LogP contribution in [-0.2, 0) is 5.72 Å². The van der Waals surface area contributed by atoms with Gasteiger partial charge >= 0.3 is 0 Å². The topological polar surface area (TPSA) is 35.7 Å². The summed E-state index contributed by atoms with van der Waals surface area (Å²) < 4.78 is 7.76. The first-order chi connectivity index (χ1) is 14.7. The van der Waals surface area contributed by atoms with Gasteiger partial charge in [0.25, 0.3) is 11.6 Å². The summed E-state index contributed by atoms with van der Waals surface area (Å²) in [6, 6.07) is 29.0. The van der Waals surface area contributed by atoms with Crippen LogP contribution in [0.1, 0.15) is 36.4 Å². The van der Waals surface area contributed by atoms with E-state index in [1.807, 2.05) is 54.6 Å². The molecule has 3 aromatic rings. The number of halogens is 1. The number of nitrogens with zero attached hydrogens (tertiary/aromatic N) is 2. The number of aliphatic hydroxyl groups is 1. The zero-order chi connectivity index (χ0) is 20.6. The molecule has 2 unspecified atom stereocenters. The third-order valence-corrected chi connectivity index (χ3v) is 6.36. The van der Waals surface area contributed by atoms with Gasteiger partial charge in [0.2, 0.25) is 0 Å². The lowest BCUT2D eigenvalue weighted by Gasteiger charge is -2.29. The van der Waals surface area contributed by atoms with Crippen LogP contribution >= 0.6 is 0 Å². The summed E-state index contributed by atoms with van der Waals surface area (Å²) in [5.41, 5.74) is 2.08. The van der Waals surface area contributed by atoms with Gasteiger partial charge in [0.05, 0.1) is 7.11 Å². The van der Waals surface area contributed by atoms with E-state index in [-0.39, 0.29) is 23.0 Å². The molecule has 0 saturated carbocycles. The first-order valence-electron chi connectivity index (χ1n) is 10.6. The van der Waals surface area contributed by atoms with E-state index in [2.05, 4.69) is 39.8 Å². The summed E-state index contributed by atoms with van der Waals surface area (Å²) in [5.74, 6) is 2.00. The Morgan fingerprint density at radius 1 is 0.935 bits per heavy atom.